The average Bonchev–Trinajstić information content (AvgIpc) is 2.47. The maximum Gasteiger partial charge on any atom is 0.243 e. The Labute approximate surface area is 126 Å². The molecule has 0 spiro atoms. The molecule has 1 aromatic carbocycles. The minimum Gasteiger partial charge on any atom is -0.349 e. The molecule has 2 aromatic rings. The van der Waals surface area contributed by atoms with Crippen LogP contribution in [0.2, 0.25) is 0 Å². The van der Waals surface area contributed by atoms with Crippen LogP contribution in [-0.2, 0) is 19.4 Å². The van der Waals surface area contributed by atoms with E-state index >= 15 is 0 Å². The molecule has 1 heterocycles. The van der Waals surface area contributed by atoms with Crippen LogP contribution in [0.1, 0.15) is 30.8 Å². The van der Waals surface area contributed by atoms with Gasteiger partial charge in [-0.3, -0.25) is 0 Å². The Morgan fingerprint density at radius 1 is 1.15 bits per heavy atom. The number of aryl methyl sites for hydroxylation is 2. The van der Waals surface area contributed by atoms with Gasteiger partial charge in [0.05, 0.1) is 11.4 Å². The lowest BCUT2D eigenvalue weighted by Crippen LogP contribution is -2.10. The molecule has 6 heteroatoms. The predicted octanol–water partition coefficient (Wildman–Crippen LogP) is 3.51. The monoisotopic (exact) mass is 338 g/mol. The SMILES string of the molecule is CCc1nnc(NCc2cc(Br)ccc2F)nc1CC. The van der Waals surface area contributed by atoms with Crippen molar-refractivity contribution in [2.75, 3.05) is 5.32 Å². The third-order valence-corrected chi connectivity index (χ3v) is 3.45. The van der Waals surface area contributed by atoms with E-state index in [1.54, 1.807) is 12.1 Å². The topological polar surface area (TPSA) is 50.7 Å². The lowest BCUT2D eigenvalue weighted by molar-refractivity contribution is 0.612. The Morgan fingerprint density at radius 3 is 2.60 bits per heavy atom. The van der Waals surface area contributed by atoms with E-state index in [2.05, 4.69) is 36.4 Å². The third-order valence-electron chi connectivity index (χ3n) is 2.95. The van der Waals surface area contributed by atoms with Gasteiger partial charge in [-0.1, -0.05) is 29.8 Å². The molecule has 0 fully saturated rings. The molecule has 0 amide bonds. The number of hydrogen-bond donors (Lipinski definition) is 1. The second-order valence-corrected chi connectivity index (χ2v) is 5.24. The van der Waals surface area contributed by atoms with Gasteiger partial charge in [0.2, 0.25) is 5.95 Å². The minimum absolute atomic E-state index is 0.255. The smallest absolute Gasteiger partial charge is 0.243 e. The highest BCUT2D eigenvalue weighted by Gasteiger charge is 2.07. The second kappa shape index (κ2) is 6.74. The zero-order valence-electron chi connectivity index (χ0n) is 11.5. The van der Waals surface area contributed by atoms with Crippen LogP contribution in [0.4, 0.5) is 10.3 Å². The number of hydrogen-bond acceptors (Lipinski definition) is 4. The molecule has 0 bridgehead atoms. The lowest BCUT2D eigenvalue weighted by Gasteiger charge is -2.08. The molecule has 0 unspecified atom stereocenters. The Balaban J connectivity index is 2.12. The average molecular weight is 339 g/mol. The molecule has 20 heavy (non-hydrogen) atoms. The Bertz CT molecular complexity index is 604. The summed E-state index contributed by atoms with van der Waals surface area (Å²) in [6.45, 7) is 4.37. The molecule has 106 valence electrons. The van der Waals surface area contributed by atoms with E-state index in [1.165, 1.54) is 6.07 Å². The number of nitrogens with one attached hydrogen (secondary N) is 1. The molecule has 2 rings (SSSR count). The first-order chi connectivity index (χ1) is 9.63. The fraction of sp³-hybridized carbons (Fsp3) is 0.357. The van der Waals surface area contributed by atoms with Crippen LogP contribution in [-0.4, -0.2) is 15.2 Å². The van der Waals surface area contributed by atoms with Crippen molar-refractivity contribution in [3.8, 4) is 0 Å². The van der Waals surface area contributed by atoms with Crippen molar-refractivity contribution in [1.82, 2.24) is 15.2 Å². The third kappa shape index (κ3) is 3.50. The summed E-state index contributed by atoms with van der Waals surface area (Å²) in [5, 5.41) is 11.2. The van der Waals surface area contributed by atoms with Gasteiger partial charge in [-0.15, -0.1) is 5.10 Å². The molecule has 0 aliphatic heterocycles. The van der Waals surface area contributed by atoms with Crippen molar-refractivity contribution in [2.24, 2.45) is 0 Å². The van der Waals surface area contributed by atoms with Crippen LogP contribution in [0.5, 0.6) is 0 Å². The van der Waals surface area contributed by atoms with Crippen molar-refractivity contribution in [3.63, 3.8) is 0 Å². The van der Waals surface area contributed by atoms with Crippen LogP contribution >= 0.6 is 15.9 Å². The number of nitrogens with zero attached hydrogens (tertiary/aromatic N) is 3. The fourth-order valence-electron chi connectivity index (χ4n) is 1.87. The molecule has 0 aliphatic carbocycles. The number of halogens is 2. The summed E-state index contributed by atoms with van der Waals surface area (Å²) in [6, 6.07) is 4.83. The molecule has 1 N–H and O–H groups in total. The summed E-state index contributed by atoms with van der Waals surface area (Å²) in [5.41, 5.74) is 2.40. The van der Waals surface area contributed by atoms with E-state index < -0.39 is 0 Å². The molecule has 0 radical (unpaired) electrons. The maximum atomic E-state index is 13.6. The first-order valence-electron chi connectivity index (χ1n) is 6.54. The predicted molar refractivity (Wildman–Crippen MR) is 80.0 cm³/mol. The van der Waals surface area contributed by atoms with Crippen LogP contribution in [0.25, 0.3) is 0 Å². The Morgan fingerprint density at radius 2 is 1.90 bits per heavy atom. The van der Waals surface area contributed by atoms with Crippen LogP contribution < -0.4 is 5.32 Å². The Hall–Kier alpha value is -1.56. The highest BCUT2D eigenvalue weighted by atomic mass is 79.9. The van der Waals surface area contributed by atoms with Gasteiger partial charge in [0.25, 0.3) is 0 Å². The summed E-state index contributed by atoms with van der Waals surface area (Å²) in [7, 11) is 0. The first-order valence-corrected chi connectivity index (χ1v) is 7.33. The van der Waals surface area contributed by atoms with Gasteiger partial charge in [-0.2, -0.15) is 5.10 Å². The summed E-state index contributed by atoms with van der Waals surface area (Å²) in [6.07, 6.45) is 1.61. The van der Waals surface area contributed by atoms with Gasteiger partial charge in [-0.25, -0.2) is 9.37 Å². The standard InChI is InChI=1S/C14H16BrFN4/c1-3-12-13(4-2)19-20-14(18-12)17-8-9-7-10(15)5-6-11(9)16/h5-7H,3-4,8H2,1-2H3,(H,17,18,20). The second-order valence-electron chi connectivity index (χ2n) is 4.33. The van der Waals surface area contributed by atoms with Gasteiger partial charge in [0.15, 0.2) is 0 Å². The minimum atomic E-state index is -0.255. The van der Waals surface area contributed by atoms with Crippen molar-refractivity contribution in [1.29, 1.82) is 0 Å². The summed E-state index contributed by atoms with van der Waals surface area (Å²) >= 11 is 3.33. The molecular formula is C14H16BrFN4. The first kappa shape index (κ1) is 14.8. The van der Waals surface area contributed by atoms with Crippen molar-refractivity contribution in [2.45, 2.75) is 33.2 Å². The maximum absolute atomic E-state index is 13.6. The molecule has 0 saturated heterocycles. The molecule has 1 aromatic heterocycles. The van der Waals surface area contributed by atoms with Gasteiger partial charge in [0.1, 0.15) is 5.82 Å². The molecule has 0 saturated carbocycles. The number of benzene rings is 1. The van der Waals surface area contributed by atoms with Crippen LogP contribution in [0.3, 0.4) is 0 Å². The quantitative estimate of drug-likeness (QED) is 0.906. The van der Waals surface area contributed by atoms with Crippen molar-refractivity contribution < 1.29 is 4.39 Å². The van der Waals surface area contributed by atoms with Crippen molar-refractivity contribution >= 4 is 21.9 Å². The molecule has 0 aliphatic rings. The molecular weight excluding hydrogens is 323 g/mol. The molecule has 0 atom stereocenters. The summed E-state index contributed by atoms with van der Waals surface area (Å²) < 4.78 is 14.5. The highest BCUT2D eigenvalue weighted by molar-refractivity contribution is 9.10. The lowest BCUT2D eigenvalue weighted by atomic mass is 10.2. The zero-order chi connectivity index (χ0) is 14.5. The number of anilines is 1. The van der Waals surface area contributed by atoms with E-state index in [4.69, 9.17) is 0 Å². The van der Waals surface area contributed by atoms with Crippen LogP contribution in [0.15, 0.2) is 22.7 Å². The van der Waals surface area contributed by atoms with E-state index in [0.29, 0.717) is 18.1 Å². The van der Waals surface area contributed by atoms with E-state index in [-0.39, 0.29) is 5.82 Å². The van der Waals surface area contributed by atoms with E-state index in [1.807, 2.05) is 13.8 Å². The van der Waals surface area contributed by atoms with E-state index in [0.717, 1.165) is 28.7 Å². The highest BCUT2D eigenvalue weighted by Crippen LogP contribution is 2.16. The molecule has 4 nitrogen and oxygen atoms in total. The zero-order valence-corrected chi connectivity index (χ0v) is 13.0. The van der Waals surface area contributed by atoms with Gasteiger partial charge in [-0.05, 0) is 31.0 Å². The largest absolute Gasteiger partial charge is 0.349 e. The van der Waals surface area contributed by atoms with Gasteiger partial charge >= 0.3 is 0 Å². The number of aromatic nitrogens is 3. The summed E-state index contributed by atoms with van der Waals surface area (Å²) in [4.78, 5) is 4.41. The normalized spacial score (nSPS) is 10.6. The van der Waals surface area contributed by atoms with Crippen molar-refractivity contribution in [3.05, 3.63) is 45.4 Å². The number of rotatable bonds is 5. The van der Waals surface area contributed by atoms with E-state index in [9.17, 15) is 4.39 Å². The van der Waals surface area contributed by atoms with Gasteiger partial charge < -0.3 is 5.32 Å². The Kier molecular flexibility index (Phi) is 5.00. The fourth-order valence-corrected chi connectivity index (χ4v) is 2.27. The van der Waals surface area contributed by atoms with Crippen LogP contribution in [0, 0.1) is 5.82 Å². The van der Waals surface area contributed by atoms with Gasteiger partial charge in [0, 0.05) is 16.6 Å². The summed E-state index contributed by atoms with van der Waals surface area (Å²) in [5.74, 6) is 0.174.